The number of anilines is 1. The highest BCUT2D eigenvalue weighted by atomic mass is 16.4. The Morgan fingerprint density at radius 3 is 2.10 bits per heavy atom. The second-order valence-electron chi connectivity index (χ2n) is 7.22. The van der Waals surface area contributed by atoms with Crippen LogP contribution >= 0.6 is 0 Å². The number of allylic oxidation sites excluding steroid dienone is 1. The number of nitrogens with zero attached hydrogens (tertiary/aromatic N) is 2. The average Bonchev–Trinajstić information content (AvgIpc) is 2.80. The third-order valence-electron chi connectivity index (χ3n) is 5.53. The predicted octanol–water partition coefficient (Wildman–Crippen LogP) is 5.20. The molecule has 31 heavy (non-hydrogen) atoms. The van der Waals surface area contributed by atoms with Gasteiger partial charge in [-0.3, -0.25) is 4.79 Å². The summed E-state index contributed by atoms with van der Waals surface area (Å²) in [6.45, 7) is 10.7. The first-order valence-corrected chi connectivity index (χ1v) is 10.9. The molecule has 3 rings (SSSR count). The quantitative estimate of drug-likeness (QED) is 0.271. The van der Waals surface area contributed by atoms with Gasteiger partial charge in [0.15, 0.2) is 0 Å². The standard InChI is InChI=1S/C26H30N2O3/c1-5-27(6-2)21(18-19-14-10-9-11-15-19)25(29)23-24(28(7-3)8-4)20-16-12-13-17-22(20)31-26(23)30/h9-18H,5-8H2,1-4H3. The number of likely N-dealkylation sites (N-methyl/N-ethyl adjacent to an activating group) is 1. The Morgan fingerprint density at radius 1 is 0.871 bits per heavy atom. The van der Waals surface area contributed by atoms with Gasteiger partial charge in [-0.25, -0.2) is 4.79 Å². The van der Waals surface area contributed by atoms with Crippen LogP contribution in [0.3, 0.4) is 0 Å². The normalized spacial score (nSPS) is 11.5. The van der Waals surface area contributed by atoms with Gasteiger partial charge in [0.2, 0.25) is 5.78 Å². The lowest BCUT2D eigenvalue weighted by atomic mass is 10.0. The molecule has 0 saturated carbocycles. The van der Waals surface area contributed by atoms with Crippen molar-refractivity contribution >= 4 is 28.5 Å². The van der Waals surface area contributed by atoms with Crippen molar-refractivity contribution in [2.45, 2.75) is 27.7 Å². The summed E-state index contributed by atoms with van der Waals surface area (Å²) < 4.78 is 5.59. The van der Waals surface area contributed by atoms with Gasteiger partial charge in [-0.1, -0.05) is 42.5 Å². The van der Waals surface area contributed by atoms with E-state index < -0.39 is 5.63 Å². The molecule has 0 bridgehead atoms. The molecule has 3 aromatic rings. The third kappa shape index (κ3) is 4.55. The molecule has 0 aliphatic rings. The molecular formula is C26H30N2O3. The maximum atomic E-state index is 13.9. The number of carbonyl (C=O) groups is 1. The number of Topliss-reactive ketones (excluding diaryl/α,β-unsaturated/α-hetero) is 1. The molecule has 1 aromatic heterocycles. The number of para-hydroxylation sites is 1. The van der Waals surface area contributed by atoms with Crippen LogP contribution in [0.2, 0.25) is 0 Å². The van der Waals surface area contributed by atoms with E-state index in [1.165, 1.54) is 0 Å². The Labute approximate surface area is 183 Å². The third-order valence-corrected chi connectivity index (χ3v) is 5.53. The molecular weight excluding hydrogens is 388 g/mol. The van der Waals surface area contributed by atoms with E-state index in [9.17, 15) is 9.59 Å². The fraction of sp³-hybridized carbons (Fsp3) is 0.308. The van der Waals surface area contributed by atoms with Gasteiger partial charge in [-0.15, -0.1) is 0 Å². The lowest BCUT2D eigenvalue weighted by Crippen LogP contribution is -2.33. The van der Waals surface area contributed by atoms with Gasteiger partial charge in [0.1, 0.15) is 11.1 Å². The summed E-state index contributed by atoms with van der Waals surface area (Å²) in [7, 11) is 0. The molecule has 0 aliphatic heterocycles. The van der Waals surface area contributed by atoms with E-state index in [0.29, 0.717) is 43.1 Å². The minimum atomic E-state index is -0.600. The smallest absolute Gasteiger partial charge is 0.349 e. The number of hydrogen-bond donors (Lipinski definition) is 0. The van der Waals surface area contributed by atoms with Crippen LogP contribution in [-0.4, -0.2) is 36.9 Å². The molecule has 0 radical (unpaired) electrons. The fourth-order valence-corrected chi connectivity index (χ4v) is 3.90. The minimum Gasteiger partial charge on any atom is -0.422 e. The van der Waals surface area contributed by atoms with Crippen LogP contribution < -0.4 is 10.5 Å². The van der Waals surface area contributed by atoms with E-state index in [1.807, 2.05) is 87.2 Å². The van der Waals surface area contributed by atoms with Crippen molar-refractivity contribution < 1.29 is 9.21 Å². The fourth-order valence-electron chi connectivity index (χ4n) is 3.90. The summed E-state index contributed by atoms with van der Waals surface area (Å²) in [5, 5.41) is 0.771. The summed E-state index contributed by atoms with van der Waals surface area (Å²) >= 11 is 0. The van der Waals surface area contributed by atoms with Gasteiger partial charge < -0.3 is 14.2 Å². The van der Waals surface area contributed by atoms with Crippen molar-refractivity contribution in [3.63, 3.8) is 0 Å². The predicted molar refractivity (Wildman–Crippen MR) is 128 cm³/mol. The van der Waals surface area contributed by atoms with Crippen molar-refractivity contribution in [3.8, 4) is 0 Å². The van der Waals surface area contributed by atoms with Gasteiger partial charge in [0, 0.05) is 31.6 Å². The molecule has 0 amide bonds. The summed E-state index contributed by atoms with van der Waals surface area (Å²) in [4.78, 5) is 31.1. The summed E-state index contributed by atoms with van der Waals surface area (Å²) in [6.07, 6.45) is 1.86. The highest BCUT2D eigenvalue weighted by Crippen LogP contribution is 2.31. The van der Waals surface area contributed by atoms with Crippen LogP contribution in [0.25, 0.3) is 17.0 Å². The number of hydrogen-bond acceptors (Lipinski definition) is 5. The topological polar surface area (TPSA) is 53.8 Å². The molecule has 0 atom stereocenters. The number of rotatable bonds is 9. The van der Waals surface area contributed by atoms with Gasteiger partial charge >= 0.3 is 5.63 Å². The average molecular weight is 419 g/mol. The maximum Gasteiger partial charge on any atom is 0.349 e. The minimum absolute atomic E-state index is 0.0940. The van der Waals surface area contributed by atoms with E-state index in [2.05, 4.69) is 4.90 Å². The highest BCUT2D eigenvalue weighted by molar-refractivity contribution is 6.16. The van der Waals surface area contributed by atoms with E-state index in [4.69, 9.17) is 4.42 Å². The monoisotopic (exact) mass is 418 g/mol. The van der Waals surface area contributed by atoms with E-state index >= 15 is 0 Å². The zero-order chi connectivity index (χ0) is 22.4. The van der Waals surface area contributed by atoms with Gasteiger partial charge in [0.25, 0.3) is 0 Å². The second kappa shape index (κ2) is 10.1. The maximum absolute atomic E-state index is 13.9. The molecule has 0 aliphatic carbocycles. The van der Waals surface area contributed by atoms with Crippen LogP contribution in [-0.2, 0) is 0 Å². The van der Waals surface area contributed by atoms with Crippen molar-refractivity contribution in [1.29, 1.82) is 0 Å². The van der Waals surface area contributed by atoms with Gasteiger partial charge in [-0.2, -0.15) is 0 Å². The largest absolute Gasteiger partial charge is 0.422 e. The van der Waals surface area contributed by atoms with Crippen molar-refractivity contribution in [2.75, 3.05) is 31.1 Å². The van der Waals surface area contributed by atoms with Crippen molar-refractivity contribution in [3.05, 3.63) is 81.8 Å². The summed E-state index contributed by atoms with van der Waals surface area (Å²) in [5.74, 6) is -0.311. The number of benzene rings is 2. The van der Waals surface area contributed by atoms with Gasteiger partial charge in [0.05, 0.1) is 11.4 Å². The molecule has 0 fully saturated rings. The van der Waals surface area contributed by atoms with Crippen LogP contribution in [0.4, 0.5) is 5.69 Å². The first kappa shape index (κ1) is 22.3. The second-order valence-corrected chi connectivity index (χ2v) is 7.22. The first-order chi connectivity index (χ1) is 15.0. The van der Waals surface area contributed by atoms with E-state index in [0.717, 1.165) is 10.9 Å². The lowest BCUT2D eigenvalue weighted by molar-refractivity contribution is 0.0993. The lowest BCUT2D eigenvalue weighted by Gasteiger charge is -2.27. The Hall–Kier alpha value is -3.34. The Morgan fingerprint density at radius 2 is 1.48 bits per heavy atom. The Kier molecular flexibility index (Phi) is 7.29. The molecule has 0 N–H and O–H groups in total. The molecule has 2 aromatic carbocycles. The highest BCUT2D eigenvalue weighted by Gasteiger charge is 2.28. The van der Waals surface area contributed by atoms with Crippen LogP contribution in [0, 0.1) is 0 Å². The Balaban J connectivity index is 2.30. The molecule has 5 nitrogen and oxygen atoms in total. The van der Waals surface area contributed by atoms with Gasteiger partial charge in [-0.05, 0) is 51.5 Å². The molecule has 0 saturated heterocycles. The van der Waals surface area contributed by atoms with Crippen molar-refractivity contribution in [1.82, 2.24) is 4.90 Å². The molecule has 0 unspecified atom stereocenters. The molecule has 5 heteroatoms. The summed E-state index contributed by atoms with van der Waals surface area (Å²) in [6, 6.07) is 17.1. The SMILES string of the molecule is CCN(CC)C(=Cc1ccccc1)C(=O)c1c(N(CC)CC)c2ccccc2oc1=O. The molecule has 0 spiro atoms. The van der Waals surface area contributed by atoms with Crippen LogP contribution in [0.1, 0.15) is 43.6 Å². The van der Waals surface area contributed by atoms with Crippen LogP contribution in [0.15, 0.2) is 69.5 Å². The molecule has 162 valence electrons. The number of carbonyl (C=O) groups excluding carboxylic acids is 1. The van der Waals surface area contributed by atoms with Crippen LogP contribution in [0.5, 0.6) is 0 Å². The number of ketones is 1. The Bertz CT molecular complexity index is 1120. The van der Waals surface area contributed by atoms with E-state index in [1.54, 1.807) is 6.07 Å². The molecule has 1 heterocycles. The first-order valence-electron chi connectivity index (χ1n) is 10.9. The number of fused-ring (bicyclic) bond motifs is 1. The zero-order valence-corrected chi connectivity index (χ0v) is 18.7. The zero-order valence-electron chi connectivity index (χ0n) is 18.7. The van der Waals surface area contributed by atoms with E-state index in [-0.39, 0.29) is 11.3 Å². The van der Waals surface area contributed by atoms with Crippen molar-refractivity contribution in [2.24, 2.45) is 0 Å². The summed E-state index contributed by atoms with van der Waals surface area (Å²) in [5.41, 5.74) is 2.03.